The fraction of sp³-hybridized carbons (Fsp3) is 0.375. The van der Waals surface area contributed by atoms with Gasteiger partial charge in [-0.25, -0.2) is 0 Å². The maximum Gasteiger partial charge on any atom is 0.0270 e. The maximum absolute atomic E-state index is 3.94. The summed E-state index contributed by atoms with van der Waals surface area (Å²) in [5, 5.41) is 1.08. The first-order valence-corrected chi connectivity index (χ1v) is 4.50. The summed E-state index contributed by atoms with van der Waals surface area (Å²) in [7, 11) is 0. The van der Waals surface area contributed by atoms with Gasteiger partial charge in [0.05, 0.1) is 0 Å². The van der Waals surface area contributed by atoms with E-state index in [1.807, 2.05) is 12.4 Å². The predicted octanol–water partition coefficient (Wildman–Crippen LogP) is 2.99. The van der Waals surface area contributed by atoms with Crippen molar-refractivity contribution >= 4 is 32.9 Å². The standard InChI is InChI=1S/C8H10BrN.BrH/c9-5-1-2-8-3-6-10-7-4-8;/h3-4,6-7H,1-2,5H2;1H. The fourth-order valence-corrected chi connectivity index (χ4v) is 1.10. The minimum atomic E-state index is 0. The zero-order chi connectivity index (χ0) is 7.23. The second kappa shape index (κ2) is 6.80. The monoisotopic (exact) mass is 279 g/mol. The average molecular weight is 281 g/mol. The third-order valence-corrected chi connectivity index (χ3v) is 1.91. The largest absolute Gasteiger partial charge is 0.265 e. The van der Waals surface area contributed by atoms with Crippen LogP contribution in [0, 0.1) is 0 Å². The van der Waals surface area contributed by atoms with Gasteiger partial charge in [0.2, 0.25) is 0 Å². The molecule has 0 unspecified atom stereocenters. The second-order valence-corrected chi connectivity index (χ2v) is 2.94. The Morgan fingerprint density at radius 2 is 1.91 bits per heavy atom. The number of rotatable bonds is 3. The topological polar surface area (TPSA) is 12.9 Å². The Morgan fingerprint density at radius 3 is 2.45 bits per heavy atom. The van der Waals surface area contributed by atoms with Crippen LogP contribution < -0.4 is 0 Å². The highest BCUT2D eigenvalue weighted by atomic mass is 79.9. The van der Waals surface area contributed by atoms with Gasteiger partial charge in [0.15, 0.2) is 0 Å². The van der Waals surface area contributed by atoms with Gasteiger partial charge < -0.3 is 0 Å². The zero-order valence-electron chi connectivity index (χ0n) is 6.16. The van der Waals surface area contributed by atoms with Gasteiger partial charge in [-0.3, -0.25) is 4.98 Å². The molecule has 0 aliphatic rings. The van der Waals surface area contributed by atoms with Gasteiger partial charge >= 0.3 is 0 Å². The van der Waals surface area contributed by atoms with E-state index in [9.17, 15) is 0 Å². The zero-order valence-corrected chi connectivity index (χ0v) is 9.46. The number of nitrogens with zero attached hydrogens (tertiary/aromatic N) is 1. The normalized spacial score (nSPS) is 8.82. The van der Waals surface area contributed by atoms with Gasteiger partial charge in [0.1, 0.15) is 0 Å². The number of aromatic nitrogens is 1. The van der Waals surface area contributed by atoms with E-state index in [0.29, 0.717) is 0 Å². The van der Waals surface area contributed by atoms with Crippen molar-refractivity contribution in [3.63, 3.8) is 0 Å². The second-order valence-electron chi connectivity index (χ2n) is 2.15. The van der Waals surface area contributed by atoms with Gasteiger partial charge in [-0.15, -0.1) is 17.0 Å². The lowest BCUT2D eigenvalue weighted by atomic mass is 10.2. The average Bonchev–Trinajstić information content (AvgIpc) is 2.03. The molecule has 0 radical (unpaired) electrons. The quantitative estimate of drug-likeness (QED) is 0.776. The number of halogens is 2. The highest BCUT2D eigenvalue weighted by Gasteiger charge is 1.88. The molecule has 62 valence electrons. The van der Waals surface area contributed by atoms with Crippen LogP contribution in [0.1, 0.15) is 12.0 Å². The van der Waals surface area contributed by atoms with E-state index in [2.05, 4.69) is 33.0 Å². The molecule has 0 amide bonds. The Kier molecular flexibility index (Phi) is 6.87. The van der Waals surface area contributed by atoms with Crippen molar-refractivity contribution in [2.45, 2.75) is 12.8 Å². The molecule has 0 saturated heterocycles. The molecule has 0 bridgehead atoms. The lowest BCUT2D eigenvalue weighted by Gasteiger charge is -1.95. The minimum absolute atomic E-state index is 0. The van der Waals surface area contributed by atoms with E-state index in [0.717, 1.165) is 11.8 Å². The molecule has 11 heavy (non-hydrogen) atoms. The Morgan fingerprint density at radius 1 is 1.27 bits per heavy atom. The Balaban J connectivity index is 0.000001000. The van der Waals surface area contributed by atoms with Crippen molar-refractivity contribution in [1.29, 1.82) is 0 Å². The maximum atomic E-state index is 3.94. The highest BCUT2D eigenvalue weighted by Crippen LogP contribution is 2.01. The molecule has 0 saturated carbocycles. The van der Waals surface area contributed by atoms with Crippen LogP contribution >= 0.6 is 32.9 Å². The third kappa shape index (κ3) is 4.53. The summed E-state index contributed by atoms with van der Waals surface area (Å²) in [6.45, 7) is 0. The Bertz CT molecular complexity index is 177. The van der Waals surface area contributed by atoms with Crippen molar-refractivity contribution in [3.8, 4) is 0 Å². The van der Waals surface area contributed by atoms with Crippen LogP contribution in [-0.4, -0.2) is 10.3 Å². The first-order valence-electron chi connectivity index (χ1n) is 3.38. The lowest BCUT2D eigenvalue weighted by Crippen LogP contribution is -1.84. The Hall–Kier alpha value is 0.110. The van der Waals surface area contributed by atoms with Crippen LogP contribution in [0.4, 0.5) is 0 Å². The highest BCUT2D eigenvalue weighted by molar-refractivity contribution is 9.09. The van der Waals surface area contributed by atoms with Gasteiger partial charge in [0.25, 0.3) is 0 Å². The molecule has 0 aliphatic carbocycles. The summed E-state index contributed by atoms with van der Waals surface area (Å²) in [4.78, 5) is 3.94. The van der Waals surface area contributed by atoms with E-state index in [4.69, 9.17) is 0 Å². The first kappa shape index (κ1) is 11.1. The molecule has 3 heteroatoms. The van der Waals surface area contributed by atoms with Crippen molar-refractivity contribution in [1.82, 2.24) is 4.98 Å². The van der Waals surface area contributed by atoms with Gasteiger partial charge in [-0.1, -0.05) is 15.9 Å². The van der Waals surface area contributed by atoms with Crippen molar-refractivity contribution in [2.24, 2.45) is 0 Å². The summed E-state index contributed by atoms with van der Waals surface area (Å²) in [5.41, 5.74) is 1.37. The molecule has 0 aliphatic heterocycles. The molecule has 1 nitrogen and oxygen atoms in total. The molecule has 1 heterocycles. The molecule has 1 aromatic heterocycles. The molecule has 1 aromatic rings. The molecule has 0 spiro atoms. The van der Waals surface area contributed by atoms with Gasteiger partial charge in [-0.2, -0.15) is 0 Å². The number of hydrogen-bond donors (Lipinski definition) is 0. The van der Waals surface area contributed by atoms with E-state index in [1.54, 1.807) is 0 Å². The van der Waals surface area contributed by atoms with E-state index < -0.39 is 0 Å². The first-order chi connectivity index (χ1) is 4.93. The molecular weight excluding hydrogens is 270 g/mol. The van der Waals surface area contributed by atoms with E-state index in [-0.39, 0.29) is 17.0 Å². The minimum Gasteiger partial charge on any atom is -0.265 e. The lowest BCUT2D eigenvalue weighted by molar-refractivity contribution is 0.935. The summed E-state index contributed by atoms with van der Waals surface area (Å²) >= 11 is 3.39. The van der Waals surface area contributed by atoms with Gasteiger partial charge in [0, 0.05) is 17.7 Å². The van der Waals surface area contributed by atoms with Crippen LogP contribution in [0.25, 0.3) is 0 Å². The van der Waals surface area contributed by atoms with Crippen LogP contribution in [0.3, 0.4) is 0 Å². The predicted molar refractivity (Wildman–Crippen MR) is 56.7 cm³/mol. The number of alkyl halides is 1. The third-order valence-electron chi connectivity index (χ3n) is 1.35. The van der Waals surface area contributed by atoms with Gasteiger partial charge in [-0.05, 0) is 30.5 Å². The fourth-order valence-electron chi connectivity index (χ4n) is 0.820. The van der Waals surface area contributed by atoms with E-state index >= 15 is 0 Å². The molecule has 0 fully saturated rings. The Labute approximate surface area is 86.1 Å². The number of pyridine rings is 1. The molecule has 0 N–H and O–H groups in total. The number of hydrogen-bond acceptors (Lipinski definition) is 1. The van der Waals surface area contributed by atoms with Crippen LogP contribution in [0.5, 0.6) is 0 Å². The summed E-state index contributed by atoms with van der Waals surface area (Å²) in [5.74, 6) is 0. The molecule has 1 rings (SSSR count). The smallest absolute Gasteiger partial charge is 0.0270 e. The SMILES string of the molecule is Br.BrCCCc1ccncc1. The summed E-state index contributed by atoms with van der Waals surface area (Å²) < 4.78 is 0. The van der Waals surface area contributed by atoms with E-state index in [1.165, 1.54) is 12.0 Å². The number of aryl methyl sites for hydroxylation is 1. The van der Waals surface area contributed by atoms with Crippen molar-refractivity contribution in [2.75, 3.05) is 5.33 Å². The van der Waals surface area contributed by atoms with Crippen LogP contribution in [0.2, 0.25) is 0 Å². The molecule has 0 aromatic carbocycles. The van der Waals surface area contributed by atoms with Crippen molar-refractivity contribution in [3.05, 3.63) is 30.1 Å². The van der Waals surface area contributed by atoms with Crippen LogP contribution in [0.15, 0.2) is 24.5 Å². The molecular formula is C8H11Br2N. The summed E-state index contributed by atoms with van der Waals surface area (Å²) in [6, 6.07) is 4.12. The summed E-state index contributed by atoms with van der Waals surface area (Å²) in [6.07, 6.45) is 6.02. The van der Waals surface area contributed by atoms with Crippen LogP contribution in [-0.2, 0) is 6.42 Å². The molecule has 0 atom stereocenters. The van der Waals surface area contributed by atoms with Crippen molar-refractivity contribution < 1.29 is 0 Å².